The van der Waals surface area contributed by atoms with E-state index in [0.29, 0.717) is 13.2 Å². The third-order valence-electron chi connectivity index (χ3n) is 5.26. The molecule has 6 heteroatoms. The lowest BCUT2D eigenvalue weighted by Gasteiger charge is -2.32. The molecule has 0 aromatic heterocycles. The number of benzene rings is 2. The summed E-state index contributed by atoms with van der Waals surface area (Å²) in [5.74, 6) is 0.959. The first kappa shape index (κ1) is 17.7. The number of carbonyl (C=O) groups is 1. The van der Waals surface area contributed by atoms with Crippen molar-refractivity contribution in [3.63, 3.8) is 0 Å². The summed E-state index contributed by atoms with van der Waals surface area (Å²) in [6.07, 6.45) is 0.745. The highest BCUT2D eigenvalue weighted by Gasteiger charge is 2.47. The summed E-state index contributed by atoms with van der Waals surface area (Å²) in [5.41, 5.74) is 2.64. The van der Waals surface area contributed by atoms with Crippen LogP contribution in [0, 0.1) is 5.92 Å². The Morgan fingerprint density at radius 3 is 2.74 bits per heavy atom. The van der Waals surface area contributed by atoms with Crippen molar-refractivity contribution < 1.29 is 14.3 Å². The number of fused-ring (bicyclic) bond motifs is 3. The lowest BCUT2D eigenvalue weighted by atomic mass is 9.91. The Balaban J connectivity index is 1.60. The minimum Gasteiger partial charge on any atom is -0.493 e. The van der Waals surface area contributed by atoms with E-state index in [2.05, 4.69) is 15.1 Å². The number of likely N-dealkylation sites (N-methyl/N-ethyl adjacent to an activating group) is 1. The summed E-state index contributed by atoms with van der Waals surface area (Å²) in [6.45, 7) is 2.85. The molecule has 2 heterocycles. The molecule has 2 aliphatic heterocycles. The molecule has 0 aliphatic carbocycles. The Bertz CT molecular complexity index is 853. The van der Waals surface area contributed by atoms with Crippen molar-refractivity contribution in [2.75, 3.05) is 20.3 Å². The maximum absolute atomic E-state index is 12.3. The van der Waals surface area contributed by atoms with Gasteiger partial charge in [-0.2, -0.15) is 10.2 Å². The van der Waals surface area contributed by atoms with Gasteiger partial charge in [0.1, 0.15) is 11.8 Å². The summed E-state index contributed by atoms with van der Waals surface area (Å²) in [5, 5.41) is 8.66. The number of rotatable bonds is 4. The van der Waals surface area contributed by atoms with E-state index in [1.54, 1.807) is 0 Å². The molecule has 2 aromatic rings. The summed E-state index contributed by atoms with van der Waals surface area (Å²) in [7, 11) is 1.99. The van der Waals surface area contributed by atoms with Gasteiger partial charge in [0.05, 0.1) is 24.6 Å². The predicted molar refractivity (Wildman–Crippen MR) is 102 cm³/mol. The number of esters is 1. The maximum Gasteiger partial charge on any atom is 0.323 e. The molecule has 0 unspecified atom stereocenters. The number of nitrogens with zero attached hydrogens (tertiary/aromatic N) is 3. The zero-order valence-electron chi connectivity index (χ0n) is 15.5. The Hall–Kier alpha value is -2.73. The van der Waals surface area contributed by atoms with Gasteiger partial charge < -0.3 is 9.47 Å². The number of carbonyl (C=O) groups excluding carboxylic acids is 1. The number of azo groups is 1. The molecule has 0 bridgehead atoms. The molecule has 0 N–H and O–H groups in total. The fourth-order valence-corrected chi connectivity index (χ4v) is 4.01. The number of ether oxygens (including phenoxy) is 2. The van der Waals surface area contributed by atoms with E-state index in [9.17, 15) is 4.79 Å². The fraction of sp³-hybridized carbons (Fsp3) is 0.381. The van der Waals surface area contributed by atoms with Crippen LogP contribution in [0.3, 0.4) is 0 Å². The summed E-state index contributed by atoms with van der Waals surface area (Å²) < 4.78 is 11.2. The average Bonchev–Trinajstić information content (AvgIpc) is 3.04. The molecular weight excluding hydrogens is 342 g/mol. The molecule has 4 rings (SSSR count). The van der Waals surface area contributed by atoms with Gasteiger partial charge in [0, 0.05) is 17.5 Å². The van der Waals surface area contributed by atoms with Crippen LogP contribution in [-0.4, -0.2) is 37.2 Å². The lowest BCUT2D eigenvalue weighted by Crippen LogP contribution is -2.36. The van der Waals surface area contributed by atoms with Crippen LogP contribution in [0.15, 0.2) is 58.8 Å². The normalized spacial score (nSPS) is 24.3. The molecule has 27 heavy (non-hydrogen) atoms. The van der Waals surface area contributed by atoms with Crippen molar-refractivity contribution in [3.05, 3.63) is 54.1 Å². The summed E-state index contributed by atoms with van der Waals surface area (Å²) in [4.78, 5) is 14.4. The van der Waals surface area contributed by atoms with Crippen LogP contribution < -0.4 is 4.74 Å². The zero-order chi connectivity index (χ0) is 18.8. The standard InChI is InChI=1S/C21H23N3O3/c1-3-26-21(25)18-11-14-13-27-19-10-9-16(12-17(19)20(14)24(18)2)23-22-15-7-5-4-6-8-15/h4-10,12,14,18,20H,3,11,13H2,1-2H3/t14-,18-,20-/m1/s1. The van der Waals surface area contributed by atoms with Gasteiger partial charge in [-0.15, -0.1) is 0 Å². The van der Waals surface area contributed by atoms with Gasteiger partial charge >= 0.3 is 5.97 Å². The Morgan fingerprint density at radius 2 is 1.96 bits per heavy atom. The van der Waals surface area contributed by atoms with E-state index in [0.717, 1.165) is 29.1 Å². The topological polar surface area (TPSA) is 63.5 Å². The SMILES string of the molecule is CCOC(=O)[C@H]1C[C@@H]2COc3ccc(N=Nc4ccccc4)cc3[C@@H]2N1C. The highest BCUT2D eigenvalue weighted by molar-refractivity contribution is 5.76. The quantitative estimate of drug-likeness (QED) is 0.594. The van der Waals surface area contributed by atoms with Crippen LogP contribution >= 0.6 is 0 Å². The Labute approximate surface area is 158 Å². The molecule has 1 saturated heterocycles. The number of hydrogen-bond acceptors (Lipinski definition) is 6. The van der Waals surface area contributed by atoms with Crippen LogP contribution in [-0.2, 0) is 9.53 Å². The van der Waals surface area contributed by atoms with Gasteiger partial charge in [0.25, 0.3) is 0 Å². The second-order valence-electron chi connectivity index (χ2n) is 6.94. The molecule has 6 nitrogen and oxygen atoms in total. The number of likely N-dealkylation sites (tertiary alicyclic amines) is 1. The third kappa shape index (κ3) is 3.45. The minimum atomic E-state index is -0.232. The highest BCUT2D eigenvalue weighted by atomic mass is 16.5. The smallest absolute Gasteiger partial charge is 0.323 e. The van der Waals surface area contributed by atoms with E-state index in [1.165, 1.54) is 0 Å². The summed E-state index contributed by atoms with van der Waals surface area (Å²) in [6, 6.07) is 15.4. The molecule has 0 radical (unpaired) electrons. The van der Waals surface area contributed by atoms with Crippen molar-refractivity contribution >= 4 is 17.3 Å². The second-order valence-corrected chi connectivity index (χ2v) is 6.94. The Morgan fingerprint density at radius 1 is 1.19 bits per heavy atom. The number of hydrogen-bond donors (Lipinski definition) is 0. The molecule has 1 fully saturated rings. The first-order valence-corrected chi connectivity index (χ1v) is 9.29. The van der Waals surface area contributed by atoms with Crippen LogP contribution in [0.25, 0.3) is 0 Å². The van der Waals surface area contributed by atoms with Gasteiger partial charge in [-0.1, -0.05) is 18.2 Å². The Kier molecular flexibility index (Phi) is 4.90. The van der Waals surface area contributed by atoms with Gasteiger partial charge in [-0.3, -0.25) is 9.69 Å². The van der Waals surface area contributed by atoms with E-state index >= 15 is 0 Å². The molecule has 0 spiro atoms. The van der Waals surface area contributed by atoms with E-state index in [-0.39, 0.29) is 24.0 Å². The molecule has 3 atom stereocenters. The monoisotopic (exact) mass is 365 g/mol. The molecule has 0 amide bonds. The van der Waals surface area contributed by atoms with Crippen LogP contribution in [0.2, 0.25) is 0 Å². The predicted octanol–water partition coefficient (Wildman–Crippen LogP) is 4.42. The molecule has 2 aromatic carbocycles. The van der Waals surface area contributed by atoms with Crippen LogP contribution in [0.5, 0.6) is 5.75 Å². The average molecular weight is 365 g/mol. The lowest BCUT2D eigenvalue weighted by molar-refractivity contribution is -0.148. The van der Waals surface area contributed by atoms with Crippen molar-refractivity contribution in [2.24, 2.45) is 16.1 Å². The molecule has 140 valence electrons. The van der Waals surface area contributed by atoms with Gasteiger partial charge in [0.2, 0.25) is 0 Å². The van der Waals surface area contributed by atoms with Gasteiger partial charge in [-0.05, 0) is 50.7 Å². The first-order valence-electron chi connectivity index (χ1n) is 9.29. The highest BCUT2D eigenvalue weighted by Crippen LogP contribution is 2.47. The molecule has 0 saturated carbocycles. The second kappa shape index (κ2) is 7.48. The van der Waals surface area contributed by atoms with Crippen molar-refractivity contribution in [1.29, 1.82) is 0 Å². The minimum absolute atomic E-state index is 0.120. The van der Waals surface area contributed by atoms with Crippen molar-refractivity contribution in [2.45, 2.75) is 25.4 Å². The van der Waals surface area contributed by atoms with E-state index in [4.69, 9.17) is 9.47 Å². The van der Waals surface area contributed by atoms with Gasteiger partial charge in [0.15, 0.2) is 0 Å². The van der Waals surface area contributed by atoms with Crippen LogP contribution in [0.1, 0.15) is 24.9 Å². The van der Waals surface area contributed by atoms with E-state index < -0.39 is 0 Å². The van der Waals surface area contributed by atoms with Crippen LogP contribution in [0.4, 0.5) is 11.4 Å². The van der Waals surface area contributed by atoms with E-state index in [1.807, 2.05) is 62.5 Å². The van der Waals surface area contributed by atoms with Crippen molar-refractivity contribution in [3.8, 4) is 5.75 Å². The zero-order valence-corrected chi connectivity index (χ0v) is 15.5. The van der Waals surface area contributed by atoms with Crippen molar-refractivity contribution in [1.82, 2.24) is 4.90 Å². The first-order chi connectivity index (χ1) is 13.2. The maximum atomic E-state index is 12.3. The molecule has 2 aliphatic rings. The molecular formula is C21H23N3O3. The largest absolute Gasteiger partial charge is 0.493 e. The third-order valence-corrected chi connectivity index (χ3v) is 5.26. The summed E-state index contributed by atoms with van der Waals surface area (Å²) >= 11 is 0. The fourth-order valence-electron chi connectivity index (χ4n) is 4.01. The van der Waals surface area contributed by atoms with Gasteiger partial charge in [-0.25, -0.2) is 0 Å².